The van der Waals surface area contributed by atoms with Crippen LogP contribution in [0.2, 0.25) is 0 Å². The zero-order chi connectivity index (χ0) is 21.0. The Labute approximate surface area is 159 Å². The molecule has 0 unspecified atom stereocenters. The Kier molecular flexibility index (Phi) is 8.41. The molecule has 0 saturated carbocycles. The van der Waals surface area contributed by atoms with Crippen molar-refractivity contribution < 1.29 is 59.6 Å². The predicted molar refractivity (Wildman–Crippen MR) is 84.3 cm³/mol. The zero-order valence-electron chi connectivity index (χ0n) is 15.0. The standard InChI is InChI=1S/C14H26N2O12/c1-16(24)15-4-25-13-11(23)12(8(20)6(3-18)26-13)28-14-10(22)9(21)7(19)5(2-17)27-14/h5-14,17-23H,2-4H2,1H3/t5-,6-,7-,8-,9-,10-,11-,12+,13+,14+/m1/s1. The molecule has 14 nitrogen and oxygen atoms in total. The summed E-state index contributed by atoms with van der Waals surface area (Å²) in [6, 6.07) is 0. The van der Waals surface area contributed by atoms with Crippen molar-refractivity contribution >= 4 is 0 Å². The van der Waals surface area contributed by atoms with E-state index in [1.54, 1.807) is 0 Å². The maximum atomic E-state index is 10.8. The second kappa shape index (κ2) is 10.1. The first-order valence-electron chi connectivity index (χ1n) is 8.49. The summed E-state index contributed by atoms with van der Waals surface area (Å²) in [5.74, 6) is 0. The molecule has 2 aliphatic heterocycles. The van der Waals surface area contributed by atoms with E-state index in [-0.39, 0.29) is 4.86 Å². The fourth-order valence-electron chi connectivity index (χ4n) is 2.87. The predicted octanol–water partition coefficient (Wildman–Crippen LogP) is -4.82. The number of aliphatic hydroxyl groups is 7. The van der Waals surface area contributed by atoms with Crippen molar-refractivity contribution in [3.63, 3.8) is 0 Å². The van der Waals surface area contributed by atoms with E-state index in [1.165, 1.54) is 0 Å². The van der Waals surface area contributed by atoms with Crippen molar-refractivity contribution in [2.45, 2.75) is 61.4 Å². The number of hydrogen-bond donors (Lipinski definition) is 7. The zero-order valence-corrected chi connectivity index (χ0v) is 15.0. The highest BCUT2D eigenvalue weighted by atomic mass is 16.7. The maximum absolute atomic E-state index is 10.8. The molecule has 0 aromatic heterocycles. The smallest absolute Gasteiger partial charge is 0.203 e. The summed E-state index contributed by atoms with van der Waals surface area (Å²) in [5.41, 5.74) is 0. The third-order valence-electron chi connectivity index (χ3n) is 4.46. The third-order valence-corrected chi connectivity index (χ3v) is 4.46. The number of hydroxylamine groups is 1. The summed E-state index contributed by atoms with van der Waals surface area (Å²) in [6.45, 7) is -1.87. The first-order valence-corrected chi connectivity index (χ1v) is 8.49. The molecule has 164 valence electrons. The number of ether oxygens (including phenoxy) is 4. The quantitative estimate of drug-likeness (QED) is 0.119. The van der Waals surface area contributed by atoms with Crippen LogP contribution in [0.5, 0.6) is 0 Å². The SMILES string of the molecule is C[N+]([O-])=NCO[C@H]1O[C@H](CO)[C@@H](O)[C@H](O[C@@H]2O[C@H](CO)[C@@H](O)[C@@H](O)[C@H]2O)[C@H]1O. The molecule has 2 rings (SSSR count). The van der Waals surface area contributed by atoms with Gasteiger partial charge < -0.3 is 59.9 Å². The van der Waals surface area contributed by atoms with Crippen LogP contribution in [0.3, 0.4) is 0 Å². The van der Waals surface area contributed by atoms with Crippen LogP contribution in [0.4, 0.5) is 0 Å². The molecule has 0 aliphatic carbocycles. The lowest BCUT2D eigenvalue weighted by Gasteiger charge is -2.45. The molecule has 0 spiro atoms. The van der Waals surface area contributed by atoms with Gasteiger partial charge in [-0.1, -0.05) is 4.86 Å². The number of aliphatic hydroxyl groups excluding tert-OH is 7. The monoisotopic (exact) mass is 414 g/mol. The highest BCUT2D eigenvalue weighted by Crippen LogP contribution is 2.29. The molecule has 10 atom stereocenters. The lowest BCUT2D eigenvalue weighted by molar-refractivity contribution is -0.505. The minimum absolute atomic E-state index is 0.218. The molecule has 2 fully saturated rings. The van der Waals surface area contributed by atoms with Crippen LogP contribution in [0.15, 0.2) is 5.11 Å². The van der Waals surface area contributed by atoms with Crippen molar-refractivity contribution in [1.29, 1.82) is 0 Å². The highest BCUT2D eigenvalue weighted by molar-refractivity contribution is 4.94. The van der Waals surface area contributed by atoms with E-state index in [0.717, 1.165) is 7.05 Å². The number of azo groups is 1. The minimum atomic E-state index is -1.77. The Hall–Kier alpha value is -1.04. The Balaban J connectivity index is 2.12. The lowest BCUT2D eigenvalue weighted by atomic mass is 9.97. The van der Waals surface area contributed by atoms with Gasteiger partial charge in [0.1, 0.15) is 48.8 Å². The van der Waals surface area contributed by atoms with Crippen molar-refractivity contribution in [3.05, 3.63) is 5.21 Å². The molecule has 0 amide bonds. The first kappa shape index (κ1) is 23.2. The van der Waals surface area contributed by atoms with Gasteiger partial charge in [-0.15, -0.1) is 0 Å². The molecular weight excluding hydrogens is 388 g/mol. The molecular formula is C14H26N2O12. The molecule has 28 heavy (non-hydrogen) atoms. The van der Waals surface area contributed by atoms with Crippen molar-refractivity contribution in [2.75, 3.05) is 27.0 Å². The van der Waals surface area contributed by atoms with Gasteiger partial charge >= 0.3 is 0 Å². The van der Waals surface area contributed by atoms with Gasteiger partial charge in [-0.05, 0) is 5.11 Å². The van der Waals surface area contributed by atoms with Crippen LogP contribution in [-0.2, 0) is 18.9 Å². The Morgan fingerprint density at radius 3 is 2.00 bits per heavy atom. The first-order chi connectivity index (χ1) is 13.2. The van der Waals surface area contributed by atoms with Crippen LogP contribution < -0.4 is 0 Å². The van der Waals surface area contributed by atoms with Gasteiger partial charge in [-0.2, -0.15) is 0 Å². The molecule has 2 heterocycles. The van der Waals surface area contributed by atoms with Gasteiger partial charge in [0, 0.05) is 0 Å². The highest BCUT2D eigenvalue weighted by Gasteiger charge is 2.50. The third kappa shape index (κ3) is 5.11. The van der Waals surface area contributed by atoms with Gasteiger partial charge in [-0.25, -0.2) is 0 Å². The van der Waals surface area contributed by atoms with Crippen molar-refractivity contribution in [2.24, 2.45) is 5.11 Å². The van der Waals surface area contributed by atoms with Gasteiger partial charge in [0.2, 0.25) is 6.73 Å². The van der Waals surface area contributed by atoms with Gasteiger partial charge in [0.05, 0.1) is 13.2 Å². The van der Waals surface area contributed by atoms with E-state index >= 15 is 0 Å². The summed E-state index contributed by atoms with van der Waals surface area (Å²) >= 11 is 0. The van der Waals surface area contributed by atoms with E-state index < -0.39 is 81.4 Å². The van der Waals surface area contributed by atoms with Gasteiger partial charge in [0.15, 0.2) is 19.6 Å². The average molecular weight is 414 g/mol. The Morgan fingerprint density at radius 1 is 0.857 bits per heavy atom. The van der Waals surface area contributed by atoms with Crippen LogP contribution >= 0.6 is 0 Å². The number of hydrogen-bond acceptors (Lipinski definition) is 13. The molecule has 7 N–H and O–H groups in total. The van der Waals surface area contributed by atoms with Gasteiger partial charge in [-0.3, -0.25) is 0 Å². The van der Waals surface area contributed by atoms with Crippen LogP contribution in [0.25, 0.3) is 0 Å². The number of rotatable bonds is 7. The van der Waals surface area contributed by atoms with Crippen LogP contribution in [0, 0.1) is 5.21 Å². The number of nitrogens with zero attached hydrogens (tertiary/aromatic N) is 2. The molecule has 2 saturated heterocycles. The van der Waals surface area contributed by atoms with Crippen LogP contribution in [-0.4, -0.2) is 129 Å². The summed E-state index contributed by atoms with van der Waals surface area (Å²) in [5, 5.41) is 83.0. The van der Waals surface area contributed by atoms with Crippen molar-refractivity contribution in [1.82, 2.24) is 0 Å². The van der Waals surface area contributed by atoms with E-state index in [9.17, 15) is 41.0 Å². The molecule has 2 aliphatic rings. The molecule has 0 bridgehead atoms. The van der Waals surface area contributed by atoms with Crippen molar-refractivity contribution in [3.8, 4) is 0 Å². The summed E-state index contributed by atoms with van der Waals surface area (Å²) in [4.78, 5) is 0.218. The Morgan fingerprint density at radius 2 is 1.43 bits per heavy atom. The fraction of sp³-hybridized carbons (Fsp3) is 1.00. The normalized spacial score (nSPS) is 45.2. The van der Waals surface area contributed by atoms with E-state index in [1.807, 2.05) is 0 Å². The summed E-state index contributed by atoms with van der Waals surface area (Å²) < 4.78 is 20.9. The average Bonchev–Trinajstić information content (AvgIpc) is 2.66. The molecule has 14 heteroatoms. The largest absolute Gasteiger partial charge is 0.600 e. The van der Waals surface area contributed by atoms with Gasteiger partial charge in [0.25, 0.3) is 0 Å². The molecule has 0 aromatic carbocycles. The van der Waals surface area contributed by atoms with Crippen LogP contribution in [0.1, 0.15) is 0 Å². The summed E-state index contributed by atoms with van der Waals surface area (Å²) in [7, 11) is 1.10. The summed E-state index contributed by atoms with van der Waals surface area (Å²) in [6.07, 6.45) is -15.5. The fourth-order valence-corrected chi connectivity index (χ4v) is 2.87. The minimum Gasteiger partial charge on any atom is -0.600 e. The molecule has 0 radical (unpaired) electrons. The molecule has 0 aromatic rings. The maximum Gasteiger partial charge on any atom is 0.203 e. The van der Waals surface area contributed by atoms with E-state index in [0.29, 0.717) is 0 Å². The second-order valence-corrected chi connectivity index (χ2v) is 6.41. The lowest BCUT2D eigenvalue weighted by Crippen LogP contribution is -2.64. The van der Waals surface area contributed by atoms with E-state index in [2.05, 4.69) is 5.11 Å². The Bertz CT molecular complexity index is 519. The second-order valence-electron chi connectivity index (χ2n) is 6.41. The topological polar surface area (TPSA) is 217 Å². The van der Waals surface area contributed by atoms with E-state index in [4.69, 9.17) is 18.9 Å².